The van der Waals surface area contributed by atoms with Gasteiger partial charge in [0.25, 0.3) is 0 Å². The van der Waals surface area contributed by atoms with Crippen molar-refractivity contribution in [2.75, 3.05) is 14.2 Å². The molecule has 0 bridgehead atoms. The van der Waals surface area contributed by atoms with E-state index in [1.807, 2.05) is 0 Å². The molecule has 0 aliphatic carbocycles. The summed E-state index contributed by atoms with van der Waals surface area (Å²) in [6, 6.07) is 12.6. The maximum absolute atomic E-state index is 12.2. The number of methoxy groups -OCH3 is 2. The zero-order valence-corrected chi connectivity index (χ0v) is 15.7. The lowest BCUT2D eigenvalue weighted by Gasteiger charge is -2.18. The highest BCUT2D eigenvalue weighted by atomic mass is 35.7. The first-order valence-electron chi connectivity index (χ1n) is 7.56. The monoisotopic (exact) mass is 396 g/mol. The van der Waals surface area contributed by atoms with Crippen LogP contribution in [0.15, 0.2) is 48.5 Å². The minimum Gasteiger partial charge on any atom is -0.465 e. The second-order valence-electron chi connectivity index (χ2n) is 5.40. The lowest BCUT2D eigenvalue weighted by atomic mass is 9.96. The minimum atomic E-state index is -4.12. The van der Waals surface area contributed by atoms with Gasteiger partial charge in [-0.1, -0.05) is 36.4 Å². The van der Waals surface area contributed by atoms with Crippen LogP contribution >= 0.6 is 10.7 Å². The van der Waals surface area contributed by atoms with E-state index in [4.69, 9.17) is 20.2 Å². The summed E-state index contributed by atoms with van der Waals surface area (Å²) in [6.45, 7) is 0. The molecule has 0 aliphatic heterocycles. The molecular formula is C18H17ClO6S. The van der Waals surface area contributed by atoms with Gasteiger partial charge in [0.15, 0.2) is 0 Å². The molecule has 0 N–H and O–H groups in total. The second-order valence-corrected chi connectivity index (χ2v) is 8.21. The average molecular weight is 397 g/mol. The number of carbonyl (C=O) groups excluding carboxylic acids is 2. The Hall–Kier alpha value is -2.38. The summed E-state index contributed by atoms with van der Waals surface area (Å²) >= 11 is 0. The first-order chi connectivity index (χ1) is 12.3. The molecule has 0 fully saturated rings. The number of rotatable bonds is 6. The lowest BCUT2D eigenvalue weighted by molar-refractivity contribution is 0.0589. The molecule has 8 heteroatoms. The standard InChI is InChI=1S/C18H17ClO6S/c1-24-17(20)13-8-4-3-7-12(13)11-16(26(19,22)23)14-9-5-6-10-15(14)18(21)25-2/h3-10,16H,11H2,1-2H3. The molecule has 0 aliphatic rings. The molecule has 0 saturated heterocycles. The Morgan fingerprint density at radius 3 is 2.00 bits per heavy atom. The summed E-state index contributed by atoms with van der Waals surface area (Å²) in [5.41, 5.74) is 0.970. The van der Waals surface area contributed by atoms with Crippen molar-refractivity contribution in [1.82, 2.24) is 0 Å². The van der Waals surface area contributed by atoms with Crippen molar-refractivity contribution < 1.29 is 27.5 Å². The van der Waals surface area contributed by atoms with E-state index in [1.54, 1.807) is 30.3 Å². The van der Waals surface area contributed by atoms with Crippen LogP contribution in [0, 0.1) is 0 Å². The highest BCUT2D eigenvalue weighted by molar-refractivity contribution is 8.13. The van der Waals surface area contributed by atoms with Gasteiger partial charge in [-0.3, -0.25) is 0 Å². The molecule has 2 aromatic carbocycles. The molecule has 0 radical (unpaired) electrons. The summed E-state index contributed by atoms with van der Waals surface area (Å²) in [7, 11) is 4.00. The maximum Gasteiger partial charge on any atom is 0.338 e. The van der Waals surface area contributed by atoms with Crippen LogP contribution < -0.4 is 0 Å². The topological polar surface area (TPSA) is 86.7 Å². The van der Waals surface area contributed by atoms with E-state index in [9.17, 15) is 18.0 Å². The van der Waals surface area contributed by atoms with Gasteiger partial charge in [-0.25, -0.2) is 18.0 Å². The van der Waals surface area contributed by atoms with Gasteiger partial charge in [0.1, 0.15) is 5.25 Å². The summed E-state index contributed by atoms with van der Waals surface area (Å²) in [5, 5.41) is -1.25. The van der Waals surface area contributed by atoms with E-state index >= 15 is 0 Å². The number of esters is 2. The molecule has 0 spiro atoms. The van der Waals surface area contributed by atoms with Crippen LogP contribution in [-0.2, 0) is 24.9 Å². The highest BCUT2D eigenvalue weighted by Gasteiger charge is 2.31. The fraction of sp³-hybridized carbons (Fsp3) is 0.222. The Kier molecular flexibility index (Phi) is 6.39. The van der Waals surface area contributed by atoms with Gasteiger partial charge in [-0.2, -0.15) is 0 Å². The predicted molar refractivity (Wildman–Crippen MR) is 96.8 cm³/mol. The van der Waals surface area contributed by atoms with Gasteiger partial charge in [0.05, 0.1) is 25.3 Å². The second kappa shape index (κ2) is 8.33. The van der Waals surface area contributed by atoms with Crippen molar-refractivity contribution in [3.8, 4) is 0 Å². The maximum atomic E-state index is 12.2. The fourth-order valence-corrected chi connectivity index (χ4v) is 4.01. The van der Waals surface area contributed by atoms with Crippen LogP contribution in [0.25, 0.3) is 0 Å². The number of carbonyl (C=O) groups is 2. The van der Waals surface area contributed by atoms with Crippen molar-refractivity contribution in [3.05, 3.63) is 70.8 Å². The summed E-state index contributed by atoms with van der Waals surface area (Å²) in [5.74, 6) is -1.26. The zero-order chi connectivity index (χ0) is 19.3. The van der Waals surface area contributed by atoms with E-state index in [1.165, 1.54) is 32.4 Å². The van der Waals surface area contributed by atoms with Crippen molar-refractivity contribution in [2.45, 2.75) is 11.7 Å². The SMILES string of the molecule is COC(=O)c1ccccc1CC(c1ccccc1C(=O)OC)S(=O)(=O)Cl. The largest absolute Gasteiger partial charge is 0.465 e. The van der Waals surface area contributed by atoms with Crippen molar-refractivity contribution in [3.63, 3.8) is 0 Å². The fourth-order valence-electron chi connectivity index (χ4n) is 2.64. The molecule has 0 amide bonds. The molecule has 138 valence electrons. The number of hydrogen-bond acceptors (Lipinski definition) is 6. The van der Waals surface area contributed by atoms with Gasteiger partial charge in [0.2, 0.25) is 9.05 Å². The van der Waals surface area contributed by atoms with Crippen LogP contribution in [-0.4, -0.2) is 34.6 Å². The van der Waals surface area contributed by atoms with Crippen molar-refractivity contribution >= 4 is 31.7 Å². The lowest BCUT2D eigenvalue weighted by Crippen LogP contribution is -2.17. The molecule has 1 unspecified atom stereocenters. The van der Waals surface area contributed by atoms with Crippen molar-refractivity contribution in [2.24, 2.45) is 0 Å². The van der Waals surface area contributed by atoms with E-state index < -0.39 is 26.2 Å². The molecule has 2 aromatic rings. The third kappa shape index (κ3) is 4.42. The summed E-state index contributed by atoms with van der Waals surface area (Å²) in [4.78, 5) is 24.0. The van der Waals surface area contributed by atoms with Gasteiger partial charge < -0.3 is 9.47 Å². The molecule has 6 nitrogen and oxygen atoms in total. The molecule has 0 saturated carbocycles. The molecule has 2 rings (SSSR count). The van der Waals surface area contributed by atoms with Gasteiger partial charge in [-0.15, -0.1) is 0 Å². The number of halogens is 1. The molecule has 26 heavy (non-hydrogen) atoms. The third-order valence-corrected chi connectivity index (χ3v) is 5.63. The molecule has 0 heterocycles. The van der Waals surface area contributed by atoms with Crippen LogP contribution in [0.3, 0.4) is 0 Å². The van der Waals surface area contributed by atoms with Crippen LogP contribution in [0.4, 0.5) is 0 Å². The zero-order valence-electron chi connectivity index (χ0n) is 14.1. The van der Waals surface area contributed by atoms with Crippen LogP contribution in [0.2, 0.25) is 0 Å². The van der Waals surface area contributed by atoms with Crippen molar-refractivity contribution in [1.29, 1.82) is 0 Å². The summed E-state index contributed by atoms with van der Waals surface area (Å²) in [6.07, 6.45) is -0.106. The highest BCUT2D eigenvalue weighted by Crippen LogP contribution is 2.33. The van der Waals surface area contributed by atoms with E-state index in [0.29, 0.717) is 5.56 Å². The first-order valence-corrected chi connectivity index (χ1v) is 9.93. The minimum absolute atomic E-state index is 0.0970. The van der Waals surface area contributed by atoms with Gasteiger partial charge >= 0.3 is 11.9 Å². The van der Waals surface area contributed by atoms with Gasteiger partial charge in [-0.05, 0) is 29.7 Å². The van der Waals surface area contributed by atoms with Gasteiger partial charge in [0, 0.05) is 10.7 Å². The Morgan fingerprint density at radius 1 is 0.923 bits per heavy atom. The van der Waals surface area contributed by atoms with E-state index in [0.717, 1.165) is 0 Å². The van der Waals surface area contributed by atoms with E-state index in [2.05, 4.69) is 0 Å². The number of ether oxygens (including phenoxy) is 2. The quantitative estimate of drug-likeness (QED) is 0.550. The third-order valence-electron chi connectivity index (χ3n) is 3.88. The van der Waals surface area contributed by atoms with Crippen LogP contribution in [0.1, 0.15) is 37.1 Å². The number of benzene rings is 2. The van der Waals surface area contributed by atoms with E-state index in [-0.39, 0.29) is 23.1 Å². The number of hydrogen-bond donors (Lipinski definition) is 0. The molecule has 0 aromatic heterocycles. The summed E-state index contributed by atoms with van der Waals surface area (Å²) < 4.78 is 33.9. The first kappa shape index (κ1) is 19.9. The normalized spacial score (nSPS) is 12.3. The Balaban J connectivity index is 2.57. The Morgan fingerprint density at radius 2 is 1.42 bits per heavy atom. The Bertz CT molecular complexity index is 923. The average Bonchev–Trinajstić information content (AvgIpc) is 2.64. The smallest absolute Gasteiger partial charge is 0.338 e. The molecular weight excluding hydrogens is 380 g/mol. The van der Waals surface area contributed by atoms with Crippen LogP contribution in [0.5, 0.6) is 0 Å². The predicted octanol–water partition coefficient (Wildman–Crippen LogP) is 3.11. The molecule has 1 atom stereocenters. The Labute approximate surface area is 156 Å².